The summed E-state index contributed by atoms with van der Waals surface area (Å²) in [5.74, 6) is -0.423. The van der Waals surface area contributed by atoms with Gasteiger partial charge >= 0.3 is 5.97 Å². The molecule has 0 aliphatic heterocycles. The molecule has 1 aromatic rings. The highest BCUT2D eigenvalue weighted by molar-refractivity contribution is 7.12. The lowest BCUT2D eigenvalue weighted by Gasteiger charge is -1.97. The number of nitrogens with zero attached hydrogens (tertiary/aromatic N) is 1. The molecule has 5 nitrogen and oxygen atoms in total. The van der Waals surface area contributed by atoms with Gasteiger partial charge in [-0.3, -0.25) is 10.7 Å². The SMILES string of the molecule is COC(=O)c1scc(C)c1N=CNO. The number of thiophene rings is 1. The number of hydrogen-bond acceptors (Lipinski definition) is 5. The molecule has 0 aromatic carbocycles. The van der Waals surface area contributed by atoms with Crippen molar-refractivity contribution in [2.45, 2.75) is 6.92 Å². The third-order valence-electron chi connectivity index (χ3n) is 1.56. The number of ether oxygens (including phenoxy) is 1. The summed E-state index contributed by atoms with van der Waals surface area (Å²) < 4.78 is 4.58. The van der Waals surface area contributed by atoms with E-state index >= 15 is 0 Å². The molecule has 0 unspecified atom stereocenters. The topological polar surface area (TPSA) is 70.9 Å². The Morgan fingerprint density at radius 3 is 3.07 bits per heavy atom. The average Bonchev–Trinajstić information content (AvgIpc) is 2.56. The van der Waals surface area contributed by atoms with Crippen molar-refractivity contribution in [2.24, 2.45) is 4.99 Å². The van der Waals surface area contributed by atoms with Gasteiger partial charge in [0.1, 0.15) is 11.2 Å². The van der Waals surface area contributed by atoms with Crippen LogP contribution < -0.4 is 5.48 Å². The number of aryl methyl sites for hydroxylation is 1. The second-order valence-electron chi connectivity index (χ2n) is 2.48. The fourth-order valence-electron chi connectivity index (χ4n) is 0.929. The number of hydroxylamine groups is 1. The van der Waals surface area contributed by atoms with Gasteiger partial charge in [-0.2, -0.15) is 0 Å². The molecule has 14 heavy (non-hydrogen) atoms. The van der Waals surface area contributed by atoms with Gasteiger partial charge < -0.3 is 4.74 Å². The minimum absolute atomic E-state index is 0.423. The third-order valence-corrected chi connectivity index (χ3v) is 2.63. The summed E-state index contributed by atoms with van der Waals surface area (Å²) in [6, 6.07) is 0. The first-order valence-corrected chi connectivity index (χ1v) is 4.67. The number of carbonyl (C=O) groups excluding carboxylic acids is 1. The maximum absolute atomic E-state index is 11.2. The Hall–Kier alpha value is -1.40. The van der Waals surface area contributed by atoms with Gasteiger partial charge in [-0.1, -0.05) is 0 Å². The van der Waals surface area contributed by atoms with Crippen LogP contribution in [0.25, 0.3) is 0 Å². The van der Waals surface area contributed by atoms with E-state index in [1.165, 1.54) is 18.4 Å². The monoisotopic (exact) mass is 214 g/mol. The van der Waals surface area contributed by atoms with E-state index in [1.807, 2.05) is 6.92 Å². The molecule has 0 radical (unpaired) electrons. The Bertz CT molecular complexity index is 359. The van der Waals surface area contributed by atoms with Crippen LogP contribution in [0.2, 0.25) is 0 Å². The van der Waals surface area contributed by atoms with Gasteiger partial charge in [-0.25, -0.2) is 9.79 Å². The lowest BCUT2D eigenvalue weighted by Crippen LogP contribution is -2.02. The van der Waals surface area contributed by atoms with Gasteiger partial charge in [0.25, 0.3) is 0 Å². The number of hydrogen-bond donors (Lipinski definition) is 2. The van der Waals surface area contributed by atoms with E-state index in [-0.39, 0.29) is 0 Å². The highest BCUT2D eigenvalue weighted by atomic mass is 32.1. The minimum Gasteiger partial charge on any atom is -0.465 e. The molecule has 0 amide bonds. The van der Waals surface area contributed by atoms with Gasteiger partial charge in [0.2, 0.25) is 0 Å². The van der Waals surface area contributed by atoms with Crippen LogP contribution in [-0.2, 0) is 4.74 Å². The summed E-state index contributed by atoms with van der Waals surface area (Å²) in [4.78, 5) is 15.5. The highest BCUT2D eigenvalue weighted by Gasteiger charge is 2.15. The van der Waals surface area contributed by atoms with E-state index in [9.17, 15) is 4.79 Å². The standard InChI is InChI=1S/C8H10N2O3S/c1-5-3-14-7(8(11)13-2)6(5)9-4-10-12/h3-4,12H,1-2H3,(H,9,10). The van der Waals surface area contributed by atoms with E-state index in [0.29, 0.717) is 10.6 Å². The lowest BCUT2D eigenvalue weighted by atomic mass is 10.3. The molecule has 0 saturated carbocycles. The van der Waals surface area contributed by atoms with Crippen LogP contribution in [0, 0.1) is 6.92 Å². The van der Waals surface area contributed by atoms with Gasteiger partial charge in [0.15, 0.2) is 0 Å². The first-order chi connectivity index (χ1) is 6.70. The van der Waals surface area contributed by atoms with E-state index in [2.05, 4.69) is 9.73 Å². The Morgan fingerprint density at radius 1 is 1.79 bits per heavy atom. The van der Waals surface area contributed by atoms with Crippen molar-refractivity contribution in [1.29, 1.82) is 0 Å². The first kappa shape index (κ1) is 10.7. The van der Waals surface area contributed by atoms with Crippen LogP contribution in [0.15, 0.2) is 10.4 Å². The summed E-state index contributed by atoms with van der Waals surface area (Å²) in [5.41, 5.74) is 3.16. The molecule has 0 aliphatic carbocycles. The molecule has 1 rings (SSSR count). The van der Waals surface area contributed by atoms with Crippen LogP contribution in [0.5, 0.6) is 0 Å². The fraction of sp³-hybridized carbons (Fsp3) is 0.250. The number of nitrogens with one attached hydrogen (secondary N) is 1. The molecular formula is C8H10N2O3S. The van der Waals surface area contributed by atoms with Gasteiger partial charge in [0.05, 0.1) is 12.8 Å². The molecule has 0 bridgehead atoms. The first-order valence-electron chi connectivity index (χ1n) is 3.79. The second kappa shape index (κ2) is 4.73. The predicted molar refractivity (Wildman–Crippen MR) is 53.5 cm³/mol. The largest absolute Gasteiger partial charge is 0.465 e. The summed E-state index contributed by atoms with van der Waals surface area (Å²) >= 11 is 1.26. The van der Waals surface area contributed by atoms with Crippen LogP contribution in [-0.4, -0.2) is 24.6 Å². The van der Waals surface area contributed by atoms with Gasteiger partial charge in [0, 0.05) is 0 Å². The molecule has 0 saturated heterocycles. The molecule has 1 heterocycles. The molecule has 76 valence electrons. The molecule has 0 fully saturated rings. The molecule has 0 aliphatic rings. The smallest absolute Gasteiger partial charge is 0.350 e. The molecule has 0 atom stereocenters. The molecule has 1 aromatic heterocycles. The maximum Gasteiger partial charge on any atom is 0.350 e. The average molecular weight is 214 g/mol. The zero-order valence-corrected chi connectivity index (χ0v) is 8.59. The third kappa shape index (κ3) is 2.09. The van der Waals surface area contributed by atoms with Crippen molar-refractivity contribution in [3.63, 3.8) is 0 Å². The second-order valence-corrected chi connectivity index (χ2v) is 3.35. The van der Waals surface area contributed by atoms with E-state index in [1.54, 1.807) is 10.9 Å². The molecule has 6 heteroatoms. The minimum atomic E-state index is -0.423. The molecular weight excluding hydrogens is 204 g/mol. The van der Waals surface area contributed by atoms with E-state index in [0.717, 1.165) is 11.9 Å². The number of aliphatic imine (C=N–C) groups is 1. The van der Waals surface area contributed by atoms with Crippen molar-refractivity contribution in [2.75, 3.05) is 7.11 Å². The Morgan fingerprint density at radius 2 is 2.50 bits per heavy atom. The van der Waals surface area contributed by atoms with Crippen LogP contribution in [0.1, 0.15) is 15.2 Å². The van der Waals surface area contributed by atoms with Gasteiger partial charge in [-0.15, -0.1) is 11.3 Å². The predicted octanol–water partition coefficient (Wildman–Crippen LogP) is 1.48. The highest BCUT2D eigenvalue weighted by Crippen LogP contribution is 2.30. The summed E-state index contributed by atoms with van der Waals surface area (Å²) in [5, 5.41) is 10.1. The zero-order chi connectivity index (χ0) is 10.6. The van der Waals surface area contributed by atoms with Crippen LogP contribution in [0.3, 0.4) is 0 Å². The van der Waals surface area contributed by atoms with E-state index < -0.39 is 5.97 Å². The fourth-order valence-corrected chi connectivity index (χ4v) is 1.84. The normalized spacial score (nSPS) is 10.5. The Kier molecular flexibility index (Phi) is 3.61. The lowest BCUT2D eigenvalue weighted by molar-refractivity contribution is 0.0607. The van der Waals surface area contributed by atoms with Crippen LogP contribution >= 0.6 is 11.3 Å². The quantitative estimate of drug-likeness (QED) is 0.346. The number of esters is 1. The summed E-state index contributed by atoms with van der Waals surface area (Å²) in [6.07, 6.45) is 1.10. The maximum atomic E-state index is 11.2. The van der Waals surface area contributed by atoms with Crippen LogP contribution in [0.4, 0.5) is 5.69 Å². The number of methoxy groups -OCH3 is 1. The van der Waals surface area contributed by atoms with Crippen molar-refractivity contribution in [3.8, 4) is 0 Å². The molecule has 2 N–H and O–H groups in total. The molecule has 0 spiro atoms. The zero-order valence-electron chi connectivity index (χ0n) is 7.77. The van der Waals surface area contributed by atoms with Crippen molar-refractivity contribution in [1.82, 2.24) is 5.48 Å². The summed E-state index contributed by atoms with van der Waals surface area (Å²) in [6.45, 7) is 1.83. The Labute approximate surface area is 85.0 Å². The van der Waals surface area contributed by atoms with Crippen molar-refractivity contribution >= 4 is 29.3 Å². The number of carbonyl (C=O) groups is 1. The van der Waals surface area contributed by atoms with Crippen molar-refractivity contribution in [3.05, 3.63) is 15.8 Å². The summed E-state index contributed by atoms with van der Waals surface area (Å²) in [7, 11) is 1.31. The van der Waals surface area contributed by atoms with Gasteiger partial charge in [-0.05, 0) is 17.9 Å². The number of rotatable bonds is 3. The Balaban J connectivity index is 3.06. The van der Waals surface area contributed by atoms with E-state index in [4.69, 9.17) is 5.21 Å². The van der Waals surface area contributed by atoms with Crippen molar-refractivity contribution < 1.29 is 14.7 Å².